The third kappa shape index (κ3) is 5.29. The van der Waals surface area contributed by atoms with Crippen molar-refractivity contribution in [2.75, 3.05) is 6.54 Å². The van der Waals surface area contributed by atoms with E-state index in [9.17, 15) is 4.79 Å². The molecule has 1 aromatic heterocycles. The predicted molar refractivity (Wildman–Crippen MR) is 87.0 cm³/mol. The number of nitrogens with zero attached hydrogens (tertiary/aromatic N) is 3. The van der Waals surface area contributed by atoms with E-state index in [0.717, 1.165) is 13.0 Å². The first-order chi connectivity index (χ1) is 11.1. The summed E-state index contributed by atoms with van der Waals surface area (Å²) in [6.07, 6.45) is 7.13. The van der Waals surface area contributed by atoms with Crippen molar-refractivity contribution in [2.24, 2.45) is 11.8 Å². The fourth-order valence-corrected chi connectivity index (χ4v) is 2.99. The Morgan fingerprint density at radius 2 is 2.17 bits per heavy atom. The highest BCUT2D eigenvalue weighted by molar-refractivity contribution is 5.82. The molecule has 1 atom stereocenters. The summed E-state index contributed by atoms with van der Waals surface area (Å²) in [5, 5.41) is 8.98. The van der Waals surface area contributed by atoms with E-state index in [4.69, 9.17) is 5.26 Å². The summed E-state index contributed by atoms with van der Waals surface area (Å²) in [5.41, 5.74) is 6.40. The van der Waals surface area contributed by atoms with Crippen LogP contribution in [0.4, 0.5) is 0 Å². The SMILES string of the molecule is CC(C)CNNC(=O)C(CC1CCCC1)c1ccnc(C#N)n1. The second-order valence-corrected chi connectivity index (χ2v) is 6.62. The molecule has 0 bridgehead atoms. The van der Waals surface area contributed by atoms with Gasteiger partial charge in [0, 0.05) is 12.7 Å². The lowest BCUT2D eigenvalue weighted by atomic mass is 9.90. The molecule has 1 saturated carbocycles. The fraction of sp³-hybridized carbons (Fsp3) is 0.647. The van der Waals surface area contributed by atoms with E-state index in [1.54, 1.807) is 12.3 Å². The van der Waals surface area contributed by atoms with Gasteiger partial charge in [-0.25, -0.2) is 15.4 Å². The second kappa shape index (κ2) is 8.59. The maximum atomic E-state index is 12.6. The minimum absolute atomic E-state index is 0.0832. The van der Waals surface area contributed by atoms with Crippen LogP contribution < -0.4 is 10.9 Å². The Kier molecular flexibility index (Phi) is 6.48. The van der Waals surface area contributed by atoms with Crippen molar-refractivity contribution in [3.8, 4) is 6.07 Å². The third-order valence-corrected chi connectivity index (χ3v) is 4.22. The third-order valence-electron chi connectivity index (χ3n) is 4.22. The summed E-state index contributed by atoms with van der Waals surface area (Å²) in [6, 6.07) is 3.68. The van der Waals surface area contributed by atoms with E-state index in [1.807, 2.05) is 6.07 Å². The highest BCUT2D eigenvalue weighted by atomic mass is 16.2. The van der Waals surface area contributed by atoms with Crippen LogP contribution in [0.1, 0.15) is 63.4 Å². The van der Waals surface area contributed by atoms with Crippen LogP contribution in [0.3, 0.4) is 0 Å². The van der Waals surface area contributed by atoms with Crippen molar-refractivity contribution in [2.45, 2.75) is 51.9 Å². The second-order valence-electron chi connectivity index (χ2n) is 6.62. The first kappa shape index (κ1) is 17.4. The van der Waals surface area contributed by atoms with Crippen molar-refractivity contribution >= 4 is 5.91 Å². The van der Waals surface area contributed by atoms with Crippen LogP contribution in [-0.4, -0.2) is 22.4 Å². The Bertz CT molecular complexity index is 560. The summed E-state index contributed by atoms with van der Waals surface area (Å²) in [6.45, 7) is 4.88. The van der Waals surface area contributed by atoms with Crippen molar-refractivity contribution in [3.63, 3.8) is 0 Å². The van der Waals surface area contributed by atoms with Gasteiger partial charge in [-0.1, -0.05) is 39.5 Å². The van der Waals surface area contributed by atoms with Crippen molar-refractivity contribution in [1.29, 1.82) is 5.26 Å². The molecule has 0 aromatic carbocycles. The van der Waals surface area contributed by atoms with Gasteiger partial charge >= 0.3 is 0 Å². The van der Waals surface area contributed by atoms with E-state index in [1.165, 1.54) is 25.7 Å². The first-order valence-electron chi connectivity index (χ1n) is 8.36. The zero-order chi connectivity index (χ0) is 16.7. The average molecular weight is 315 g/mol. The Labute approximate surface area is 137 Å². The Hall–Kier alpha value is -2.00. The van der Waals surface area contributed by atoms with Gasteiger partial charge in [0.25, 0.3) is 0 Å². The lowest BCUT2D eigenvalue weighted by molar-refractivity contribution is -0.124. The summed E-state index contributed by atoms with van der Waals surface area (Å²) < 4.78 is 0. The maximum Gasteiger partial charge on any atom is 0.243 e. The van der Waals surface area contributed by atoms with E-state index >= 15 is 0 Å². The number of nitriles is 1. The number of rotatable bonds is 7. The Morgan fingerprint density at radius 3 is 2.83 bits per heavy atom. The van der Waals surface area contributed by atoms with Crippen LogP contribution in [0.25, 0.3) is 0 Å². The van der Waals surface area contributed by atoms with E-state index in [-0.39, 0.29) is 17.6 Å². The zero-order valence-corrected chi connectivity index (χ0v) is 13.9. The molecular formula is C17H25N5O. The molecule has 6 nitrogen and oxygen atoms in total. The van der Waals surface area contributed by atoms with Crippen molar-refractivity contribution in [3.05, 3.63) is 23.8 Å². The Morgan fingerprint density at radius 1 is 1.43 bits per heavy atom. The molecule has 1 amide bonds. The predicted octanol–water partition coefficient (Wildman–Crippen LogP) is 2.29. The quantitative estimate of drug-likeness (QED) is 0.753. The number of amides is 1. The number of aromatic nitrogens is 2. The lowest BCUT2D eigenvalue weighted by Crippen LogP contribution is -2.42. The summed E-state index contributed by atoms with van der Waals surface area (Å²) >= 11 is 0. The molecule has 124 valence electrons. The van der Waals surface area contributed by atoms with Crippen LogP contribution in [0, 0.1) is 23.2 Å². The maximum absolute atomic E-state index is 12.6. The van der Waals surface area contributed by atoms with E-state index < -0.39 is 0 Å². The molecule has 1 aromatic rings. The minimum Gasteiger partial charge on any atom is -0.291 e. The molecule has 1 unspecified atom stereocenters. The molecule has 2 rings (SSSR count). The van der Waals surface area contributed by atoms with E-state index in [2.05, 4.69) is 34.7 Å². The zero-order valence-electron chi connectivity index (χ0n) is 13.9. The van der Waals surface area contributed by atoms with Crippen LogP contribution in [0.15, 0.2) is 12.3 Å². The van der Waals surface area contributed by atoms with Gasteiger partial charge in [-0.2, -0.15) is 5.26 Å². The monoisotopic (exact) mass is 315 g/mol. The van der Waals surface area contributed by atoms with Gasteiger partial charge in [-0.05, 0) is 24.3 Å². The van der Waals surface area contributed by atoms with Crippen molar-refractivity contribution in [1.82, 2.24) is 20.8 Å². The van der Waals surface area contributed by atoms with Gasteiger partial charge in [-0.15, -0.1) is 0 Å². The molecule has 1 heterocycles. The van der Waals surface area contributed by atoms with Crippen molar-refractivity contribution < 1.29 is 4.79 Å². The van der Waals surface area contributed by atoms with Gasteiger partial charge in [0.15, 0.2) is 0 Å². The normalized spacial score (nSPS) is 16.3. The molecule has 0 aliphatic heterocycles. The number of hydrogen-bond donors (Lipinski definition) is 2. The molecule has 0 radical (unpaired) electrons. The van der Waals surface area contributed by atoms with Crippen LogP contribution in [-0.2, 0) is 4.79 Å². The molecule has 0 saturated heterocycles. The van der Waals surface area contributed by atoms with Gasteiger partial charge < -0.3 is 0 Å². The van der Waals surface area contributed by atoms with Crippen LogP contribution in [0.5, 0.6) is 0 Å². The molecule has 23 heavy (non-hydrogen) atoms. The molecule has 1 aliphatic rings. The number of carbonyl (C=O) groups excluding carboxylic acids is 1. The average Bonchev–Trinajstić information content (AvgIpc) is 3.05. The number of hydrogen-bond acceptors (Lipinski definition) is 5. The Balaban J connectivity index is 2.09. The molecule has 1 aliphatic carbocycles. The minimum atomic E-state index is -0.340. The summed E-state index contributed by atoms with van der Waals surface area (Å²) in [4.78, 5) is 20.7. The highest BCUT2D eigenvalue weighted by Gasteiger charge is 2.28. The summed E-state index contributed by atoms with van der Waals surface area (Å²) in [7, 11) is 0. The van der Waals surface area contributed by atoms with Crippen LogP contribution >= 0.6 is 0 Å². The number of nitrogens with one attached hydrogen (secondary N) is 2. The molecule has 2 N–H and O–H groups in total. The lowest BCUT2D eigenvalue weighted by Gasteiger charge is -2.20. The number of carbonyl (C=O) groups is 1. The van der Waals surface area contributed by atoms with Crippen LogP contribution in [0.2, 0.25) is 0 Å². The topological polar surface area (TPSA) is 90.7 Å². The number of hydrazine groups is 1. The van der Waals surface area contributed by atoms with Gasteiger partial charge in [0.05, 0.1) is 11.6 Å². The largest absolute Gasteiger partial charge is 0.291 e. The standard InChI is InChI=1S/C17H25N5O/c1-12(2)11-20-22-17(23)14(9-13-5-3-4-6-13)15-7-8-19-16(10-18)21-15/h7-8,12-14,20H,3-6,9,11H2,1-2H3,(H,22,23). The van der Waals surface area contributed by atoms with Gasteiger partial charge in [-0.3, -0.25) is 10.2 Å². The van der Waals surface area contributed by atoms with E-state index in [0.29, 0.717) is 17.5 Å². The first-order valence-corrected chi connectivity index (χ1v) is 8.36. The highest BCUT2D eigenvalue weighted by Crippen LogP contribution is 2.33. The fourth-order valence-electron chi connectivity index (χ4n) is 2.99. The van der Waals surface area contributed by atoms with Gasteiger partial charge in [0.1, 0.15) is 6.07 Å². The smallest absolute Gasteiger partial charge is 0.243 e. The summed E-state index contributed by atoms with van der Waals surface area (Å²) in [5.74, 6) is 0.694. The molecular weight excluding hydrogens is 290 g/mol. The van der Waals surface area contributed by atoms with Gasteiger partial charge in [0.2, 0.25) is 11.7 Å². The molecule has 6 heteroatoms. The molecule has 0 spiro atoms. The molecule has 1 fully saturated rings.